The fraction of sp³-hybridized carbons (Fsp3) is 0.125. The maximum absolute atomic E-state index is 12.3. The SMILES string of the molecule is O=C(NC(=S)Nc1ccc([N+](=O)[O-])cc1Cl)c1ccc2c(c1)OCCO2. The highest BCUT2D eigenvalue weighted by molar-refractivity contribution is 7.80. The molecular formula is C16H12ClN3O5S. The van der Waals surface area contributed by atoms with Gasteiger partial charge in [-0.2, -0.15) is 0 Å². The van der Waals surface area contributed by atoms with Crippen LogP contribution in [0.4, 0.5) is 11.4 Å². The zero-order valence-electron chi connectivity index (χ0n) is 13.2. The fourth-order valence-corrected chi connectivity index (χ4v) is 2.66. The standard InChI is InChI=1S/C16H12ClN3O5S/c17-11-8-10(20(22)23)2-3-12(11)18-16(26)19-15(21)9-1-4-13-14(7-9)25-6-5-24-13/h1-4,7-8H,5-6H2,(H2,18,19,21,26). The van der Waals surface area contributed by atoms with Gasteiger partial charge in [0.1, 0.15) is 13.2 Å². The monoisotopic (exact) mass is 393 g/mol. The number of carbonyl (C=O) groups excluding carboxylic acids is 1. The topological polar surface area (TPSA) is 103 Å². The number of benzene rings is 2. The summed E-state index contributed by atoms with van der Waals surface area (Å²) in [5, 5.41) is 16.1. The molecule has 0 fully saturated rings. The van der Waals surface area contributed by atoms with Gasteiger partial charge in [0.15, 0.2) is 16.6 Å². The van der Waals surface area contributed by atoms with Gasteiger partial charge in [0, 0.05) is 17.7 Å². The Morgan fingerprint density at radius 2 is 1.88 bits per heavy atom. The molecule has 0 unspecified atom stereocenters. The first-order valence-electron chi connectivity index (χ1n) is 7.40. The number of fused-ring (bicyclic) bond motifs is 1. The van der Waals surface area contributed by atoms with Gasteiger partial charge in [-0.05, 0) is 36.5 Å². The third-order valence-electron chi connectivity index (χ3n) is 3.44. The van der Waals surface area contributed by atoms with Crippen molar-refractivity contribution in [3.8, 4) is 11.5 Å². The summed E-state index contributed by atoms with van der Waals surface area (Å²) in [6, 6.07) is 8.67. The molecule has 8 nitrogen and oxygen atoms in total. The summed E-state index contributed by atoms with van der Waals surface area (Å²) in [5.41, 5.74) is 0.532. The summed E-state index contributed by atoms with van der Waals surface area (Å²) in [7, 11) is 0. The molecule has 134 valence electrons. The molecule has 1 aliphatic heterocycles. The summed E-state index contributed by atoms with van der Waals surface area (Å²) >= 11 is 11.1. The van der Waals surface area contributed by atoms with Crippen LogP contribution in [-0.4, -0.2) is 29.2 Å². The number of amides is 1. The van der Waals surface area contributed by atoms with Gasteiger partial charge in [0.2, 0.25) is 0 Å². The van der Waals surface area contributed by atoms with Crippen molar-refractivity contribution < 1.29 is 19.2 Å². The van der Waals surface area contributed by atoms with Gasteiger partial charge in [0.25, 0.3) is 11.6 Å². The molecule has 0 atom stereocenters. The van der Waals surface area contributed by atoms with E-state index in [1.165, 1.54) is 18.2 Å². The van der Waals surface area contributed by atoms with Gasteiger partial charge in [0.05, 0.1) is 15.6 Å². The van der Waals surface area contributed by atoms with Crippen LogP contribution in [0.25, 0.3) is 0 Å². The van der Waals surface area contributed by atoms with Gasteiger partial charge >= 0.3 is 0 Å². The Hall–Kier alpha value is -2.91. The molecule has 0 saturated carbocycles. The predicted octanol–water partition coefficient (Wildman–Crippen LogP) is 3.15. The van der Waals surface area contributed by atoms with Crippen molar-refractivity contribution in [1.29, 1.82) is 0 Å². The van der Waals surface area contributed by atoms with Crippen molar-refractivity contribution in [3.63, 3.8) is 0 Å². The number of thiocarbonyl (C=S) groups is 1. The van der Waals surface area contributed by atoms with Crippen LogP contribution in [0.3, 0.4) is 0 Å². The number of halogens is 1. The highest BCUT2D eigenvalue weighted by Crippen LogP contribution is 2.31. The number of non-ortho nitro benzene ring substituents is 1. The zero-order chi connectivity index (χ0) is 18.7. The molecule has 10 heteroatoms. The van der Waals surface area contributed by atoms with E-state index < -0.39 is 10.8 Å². The van der Waals surface area contributed by atoms with Gasteiger partial charge in [-0.1, -0.05) is 11.6 Å². The van der Waals surface area contributed by atoms with Crippen molar-refractivity contribution in [2.45, 2.75) is 0 Å². The number of nitro benzene ring substituents is 1. The second-order valence-corrected chi connectivity index (χ2v) is 6.00. The van der Waals surface area contributed by atoms with E-state index >= 15 is 0 Å². The maximum Gasteiger partial charge on any atom is 0.271 e. The quantitative estimate of drug-likeness (QED) is 0.469. The molecule has 2 aromatic carbocycles. The zero-order valence-corrected chi connectivity index (χ0v) is 14.7. The van der Waals surface area contributed by atoms with Crippen LogP contribution in [0, 0.1) is 10.1 Å². The van der Waals surface area contributed by atoms with Crippen molar-refractivity contribution in [2.75, 3.05) is 18.5 Å². The first-order valence-corrected chi connectivity index (χ1v) is 8.18. The number of rotatable bonds is 3. The van der Waals surface area contributed by atoms with Crippen molar-refractivity contribution in [2.24, 2.45) is 0 Å². The van der Waals surface area contributed by atoms with Gasteiger partial charge < -0.3 is 14.8 Å². The second-order valence-electron chi connectivity index (χ2n) is 5.19. The molecule has 1 aliphatic rings. The molecular weight excluding hydrogens is 382 g/mol. The van der Waals surface area contributed by atoms with E-state index in [9.17, 15) is 14.9 Å². The highest BCUT2D eigenvalue weighted by Gasteiger charge is 2.16. The van der Waals surface area contributed by atoms with E-state index in [1.807, 2.05) is 0 Å². The lowest BCUT2D eigenvalue weighted by atomic mass is 10.2. The first-order chi connectivity index (χ1) is 12.4. The van der Waals surface area contributed by atoms with E-state index in [4.69, 9.17) is 33.3 Å². The number of ether oxygens (including phenoxy) is 2. The Balaban J connectivity index is 1.66. The van der Waals surface area contributed by atoms with E-state index in [2.05, 4.69) is 10.6 Å². The van der Waals surface area contributed by atoms with Gasteiger partial charge in [-0.15, -0.1) is 0 Å². The Labute approximate surface area is 158 Å². The van der Waals surface area contributed by atoms with Crippen LogP contribution in [0.15, 0.2) is 36.4 Å². The number of carbonyl (C=O) groups is 1. The summed E-state index contributed by atoms with van der Waals surface area (Å²) in [5.74, 6) is 0.616. The molecule has 26 heavy (non-hydrogen) atoms. The molecule has 2 N–H and O–H groups in total. The molecule has 1 amide bonds. The summed E-state index contributed by atoms with van der Waals surface area (Å²) < 4.78 is 10.8. The number of hydrogen-bond donors (Lipinski definition) is 2. The highest BCUT2D eigenvalue weighted by atomic mass is 35.5. The molecule has 0 spiro atoms. The molecule has 0 saturated heterocycles. The Morgan fingerprint density at radius 1 is 1.15 bits per heavy atom. The molecule has 0 bridgehead atoms. The first kappa shape index (κ1) is 17.9. The smallest absolute Gasteiger partial charge is 0.271 e. The third kappa shape index (κ3) is 4.01. The van der Waals surface area contributed by atoms with Crippen molar-refractivity contribution >= 4 is 46.2 Å². The molecule has 2 aromatic rings. The normalized spacial score (nSPS) is 12.2. The molecule has 1 heterocycles. The van der Waals surface area contributed by atoms with Crippen molar-refractivity contribution in [1.82, 2.24) is 5.32 Å². The average Bonchev–Trinajstić information content (AvgIpc) is 2.62. The summed E-state index contributed by atoms with van der Waals surface area (Å²) in [4.78, 5) is 22.5. The number of nitrogens with zero attached hydrogens (tertiary/aromatic N) is 1. The lowest BCUT2D eigenvalue weighted by molar-refractivity contribution is -0.384. The predicted molar refractivity (Wildman–Crippen MR) is 99.2 cm³/mol. The fourth-order valence-electron chi connectivity index (χ4n) is 2.23. The maximum atomic E-state index is 12.3. The number of nitrogens with one attached hydrogen (secondary N) is 2. The van der Waals surface area contributed by atoms with Crippen LogP contribution in [0.2, 0.25) is 5.02 Å². The van der Waals surface area contributed by atoms with E-state index in [1.54, 1.807) is 18.2 Å². The lowest BCUT2D eigenvalue weighted by Crippen LogP contribution is -2.34. The van der Waals surface area contributed by atoms with Crippen LogP contribution in [0.1, 0.15) is 10.4 Å². The average molecular weight is 394 g/mol. The van der Waals surface area contributed by atoms with Gasteiger partial charge in [-0.3, -0.25) is 20.2 Å². The lowest BCUT2D eigenvalue weighted by Gasteiger charge is -2.18. The Morgan fingerprint density at radius 3 is 2.58 bits per heavy atom. The van der Waals surface area contributed by atoms with E-state index in [0.29, 0.717) is 36.0 Å². The van der Waals surface area contributed by atoms with Crippen molar-refractivity contribution in [3.05, 3.63) is 57.1 Å². The van der Waals surface area contributed by atoms with Crippen LogP contribution in [-0.2, 0) is 0 Å². The third-order valence-corrected chi connectivity index (χ3v) is 3.96. The minimum Gasteiger partial charge on any atom is -0.486 e. The van der Waals surface area contributed by atoms with E-state index in [0.717, 1.165) is 0 Å². The van der Waals surface area contributed by atoms with Crippen LogP contribution >= 0.6 is 23.8 Å². The molecule has 3 rings (SSSR count). The molecule has 0 radical (unpaired) electrons. The second kappa shape index (κ2) is 7.54. The Bertz CT molecular complexity index is 905. The minimum absolute atomic E-state index is 0.000595. The number of hydrogen-bond acceptors (Lipinski definition) is 6. The van der Waals surface area contributed by atoms with Crippen LogP contribution in [0.5, 0.6) is 11.5 Å². The van der Waals surface area contributed by atoms with E-state index in [-0.39, 0.29) is 15.8 Å². The Kier molecular flexibility index (Phi) is 5.19. The summed E-state index contributed by atoms with van der Waals surface area (Å²) in [6.07, 6.45) is 0. The largest absolute Gasteiger partial charge is 0.486 e. The summed E-state index contributed by atoms with van der Waals surface area (Å²) in [6.45, 7) is 0.874. The molecule has 0 aromatic heterocycles. The number of anilines is 1. The van der Waals surface area contributed by atoms with Crippen LogP contribution < -0.4 is 20.1 Å². The number of nitro groups is 1. The minimum atomic E-state index is -0.558. The molecule has 0 aliphatic carbocycles. The van der Waals surface area contributed by atoms with Gasteiger partial charge in [-0.25, -0.2) is 0 Å².